The van der Waals surface area contributed by atoms with Crippen LogP contribution in [0.15, 0.2) is 57.4 Å². The molecule has 0 aromatic rings. The van der Waals surface area contributed by atoms with Crippen molar-refractivity contribution in [2.45, 2.75) is 103 Å². The summed E-state index contributed by atoms with van der Waals surface area (Å²) in [4.78, 5) is 45.3. The van der Waals surface area contributed by atoms with Gasteiger partial charge in [-0.3, -0.25) is 14.4 Å². The van der Waals surface area contributed by atoms with Gasteiger partial charge in [-0.2, -0.15) is 0 Å². The minimum atomic E-state index is -1.99. The smallest absolute Gasteiger partial charge is 0.188 e. The van der Waals surface area contributed by atoms with Crippen LogP contribution in [0.5, 0.6) is 0 Å². The van der Waals surface area contributed by atoms with Crippen molar-refractivity contribution in [2.75, 3.05) is 0 Å². The summed E-state index contributed by atoms with van der Waals surface area (Å²) in [7, 11) is 0. The van der Waals surface area contributed by atoms with Gasteiger partial charge in [-0.1, -0.05) is 68.6 Å². The second-order valence-corrected chi connectivity index (χ2v) is 13.5. The molecule has 1 fully saturated rings. The van der Waals surface area contributed by atoms with Crippen LogP contribution in [0.25, 0.3) is 0 Å². The van der Waals surface area contributed by atoms with Crippen molar-refractivity contribution in [1.82, 2.24) is 0 Å². The predicted molar refractivity (Wildman–Crippen MR) is 161 cm³/mol. The Balaban J connectivity index is 3.52. The monoisotopic (exact) mass is 536 g/mol. The van der Waals surface area contributed by atoms with E-state index in [1.165, 1.54) is 0 Å². The third kappa shape index (κ3) is 4.19. The standard InChI is InChI=1S/C35H52O4/c1-16-26(21(8)9)33(15)27(23(12)18(2)3)17-34(25(14)20(6)7)30(37)28(24(13)19(4)5)31(38)35(33,32(34)39)29(36)22(10)11/h16,21-22,26-27,37H,1,17H2,2-15H3. The maximum Gasteiger partial charge on any atom is 0.188 e. The zero-order chi connectivity index (χ0) is 30.6. The topological polar surface area (TPSA) is 71.4 Å². The Morgan fingerprint density at radius 1 is 0.923 bits per heavy atom. The van der Waals surface area contributed by atoms with E-state index in [0.29, 0.717) is 17.6 Å². The van der Waals surface area contributed by atoms with E-state index in [1.54, 1.807) is 13.8 Å². The van der Waals surface area contributed by atoms with Crippen LogP contribution < -0.4 is 0 Å². The normalized spacial score (nSPS) is 29.4. The van der Waals surface area contributed by atoms with Crippen molar-refractivity contribution < 1.29 is 19.5 Å². The van der Waals surface area contributed by atoms with Gasteiger partial charge in [0, 0.05) is 11.3 Å². The molecule has 0 heterocycles. The summed E-state index contributed by atoms with van der Waals surface area (Å²) in [6.07, 6.45) is 2.14. The molecule has 1 saturated carbocycles. The van der Waals surface area contributed by atoms with Gasteiger partial charge in [0.25, 0.3) is 0 Å². The van der Waals surface area contributed by atoms with Crippen LogP contribution in [0.4, 0.5) is 0 Å². The Bertz CT molecular complexity index is 1220. The van der Waals surface area contributed by atoms with Gasteiger partial charge in [0.05, 0.1) is 5.57 Å². The van der Waals surface area contributed by atoms with Gasteiger partial charge < -0.3 is 5.11 Å². The fourth-order valence-corrected chi connectivity index (χ4v) is 7.59. The van der Waals surface area contributed by atoms with Crippen LogP contribution in [-0.4, -0.2) is 22.5 Å². The van der Waals surface area contributed by atoms with Crippen LogP contribution in [-0.2, 0) is 14.4 Å². The summed E-state index contributed by atoms with van der Waals surface area (Å²) in [6.45, 7) is 31.3. The fraction of sp³-hybridized carbons (Fsp3) is 0.629. The van der Waals surface area contributed by atoms with Crippen LogP contribution in [0.1, 0.15) is 103 Å². The number of ketones is 3. The summed E-state index contributed by atoms with van der Waals surface area (Å²) in [5.74, 6) is -2.78. The first-order valence-electron chi connectivity index (χ1n) is 14.4. The Hall–Kier alpha value is -2.49. The Kier molecular flexibility index (Phi) is 9.08. The first kappa shape index (κ1) is 32.7. The molecule has 0 amide bonds. The molecule has 0 aromatic heterocycles. The molecule has 1 N–H and O–H groups in total. The minimum absolute atomic E-state index is 0.0157. The molecule has 2 aliphatic rings. The number of allylic oxidation sites excluding steroid dienone is 8. The number of fused-ring (bicyclic) bond motifs is 2. The van der Waals surface area contributed by atoms with Gasteiger partial charge in [0.2, 0.25) is 0 Å². The van der Waals surface area contributed by atoms with Gasteiger partial charge in [0.1, 0.15) is 11.2 Å². The summed E-state index contributed by atoms with van der Waals surface area (Å²) in [5, 5.41) is 12.2. The maximum absolute atomic E-state index is 15.4. The number of hydrogen-bond donors (Lipinski definition) is 1. The second kappa shape index (κ2) is 10.8. The molecule has 39 heavy (non-hydrogen) atoms. The van der Waals surface area contributed by atoms with E-state index >= 15 is 9.59 Å². The van der Waals surface area contributed by atoms with Crippen molar-refractivity contribution in [3.05, 3.63) is 57.4 Å². The first-order chi connectivity index (χ1) is 17.8. The number of aliphatic hydroxyl groups is 1. The first-order valence-corrected chi connectivity index (χ1v) is 14.4. The highest BCUT2D eigenvalue weighted by atomic mass is 16.3. The minimum Gasteiger partial charge on any atom is -0.510 e. The lowest BCUT2D eigenvalue weighted by Gasteiger charge is -2.64. The van der Waals surface area contributed by atoms with Crippen molar-refractivity contribution in [3.63, 3.8) is 0 Å². The summed E-state index contributed by atoms with van der Waals surface area (Å²) in [6, 6.07) is 0. The molecule has 2 bridgehead atoms. The number of hydrogen-bond acceptors (Lipinski definition) is 4. The van der Waals surface area contributed by atoms with Gasteiger partial charge in [-0.15, -0.1) is 6.58 Å². The van der Waals surface area contributed by atoms with Gasteiger partial charge in [-0.25, -0.2) is 0 Å². The third-order valence-electron chi connectivity index (χ3n) is 10.4. The lowest BCUT2D eigenvalue weighted by molar-refractivity contribution is -0.181. The number of Topliss-reactive ketones (excluding diaryl/α,β-unsaturated/α-hetero) is 3. The van der Waals surface area contributed by atoms with E-state index in [2.05, 4.69) is 27.4 Å². The molecule has 4 nitrogen and oxygen atoms in total. The summed E-state index contributed by atoms with van der Waals surface area (Å²) in [5.41, 5.74) is 0.789. The Morgan fingerprint density at radius 2 is 1.44 bits per heavy atom. The molecule has 2 rings (SSSR count). The summed E-state index contributed by atoms with van der Waals surface area (Å²) >= 11 is 0. The van der Waals surface area contributed by atoms with Crippen molar-refractivity contribution in [3.8, 4) is 0 Å². The second-order valence-electron chi connectivity index (χ2n) is 13.5. The van der Waals surface area contributed by atoms with E-state index in [9.17, 15) is 9.90 Å². The molecular formula is C35H52O4. The molecular weight excluding hydrogens is 484 g/mol. The molecule has 5 unspecified atom stereocenters. The number of carbonyl (C=O) groups is 3. The van der Waals surface area contributed by atoms with E-state index in [1.807, 2.05) is 68.4 Å². The van der Waals surface area contributed by atoms with Crippen LogP contribution in [0.3, 0.4) is 0 Å². The number of aliphatic hydroxyl groups excluding tert-OH is 1. The average molecular weight is 537 g/mol. The van der Waals surface area contributed by atoms with Crippen LogP contribution in [0, 0.1) is 39.9 Å². The average Bonchev–Trinajstić information content (AvgIpc) is 2.82. The Morgan fingerprint density at radius 3 is 1.79 bits per heavy atom. The van der Waals surface area contributed by atoms with Gasteiger partial charge in [-0.05, 0) is 92.1 Å². The fourth-order valence-electron chi connectivity index (χ4n) is 7.59. The molecule has 4 heteroatoms. The number of rotatable bonds is 8. The van der Waals surface area contributed by atoms with E-state index in [4.69, 9.17) is 0 Å². The van der Waals surface area contributed by atoms with Gasteiger partial charge >= 0.3 is 0 Å². The van der Waals surface area contributed by atoms with E-state index in [-0.39, 0.29) is 34.9 Å². The lowest BCUT2D eigenvalue weighted by atomic mass is 9.34. The largest absolute Gasteiger partial charge is 0.510 e. The van der Waals surface area contributed by atoms with Crippen molar-refractivity contribution in [1.29, 1.82) is 0 Å². The highest BCUT2D eigenvalue weighted by Crippen LogP contribution is 2.70. The van der Waals surface area contributed by atoms with E-state index < -0.39 is 33.7 Å². The maximum atomic E-state index is 15.4. The molecule has 0 aromatic carbocycles. The highest BCUT2D eigenvalue weighted by molar-refractivity contribution is 6.35. The third-order valence-corrected chi connectivity index (χ3v) is 10.4. The van der Waals surface area contributed by atoms with Crippen LogP contribution in [0.2, 0.25) is 0 Å². The molecule has 0 radical (unpaired) electrons. The molecule has 216 valence electrons. The van der Waals surface area contributed by atoms with Crippen molar-refractivity contribution in [2.24, 2.45) is 39.9 Å². The zero-order valence-corrected chi connectivity index (χ0v) is 27.0. The van der Waals surface area contributed by atoms with Crippen LogP contribution >= 0.6 is 0 Å². The summed E-state index contributed by atoms with van der Waals surface area (Å²) < 4.78 is 0. The molecule has 0 spiro atoms. The molecule has 2 aliphatic carbocycles. The molecule has 0 aliphatic heterocycles. The van der Waals surface area contributed by atoms with Gasteiger partial charge in [0.15, 0.2) is 22.8 Å². The highest BCUT2D eigenvalue weighted by Gasteiger charge is 2.78. The quantitative estimate of drug-likeness (QED) is 0.249. The van der Waals surface area contributed by atoms with E-state index in [0.717, 1.165) is 22.3 Å². The molecule has 5 atom stereocenters. The molecule has 0 saturated heterocycles. The number of carbonyl (C=O) groups excluding carboxylic acids is 3. The Labute approximate surface area is 237 Å². The zero-order valence-electron chi connectivity index (χ0n) is 27.0. The SMILES string of the molecule is C=CC(C(C)C)C1(C)C(C(C)=C(C)C)CC2(C(C)=C(C)C)C(=O)C1(C(=O)C(C)C)C(=O)C(C(C)=C(C)C)=C2O. The lowest BCUT2D eigenvalue weighted by Crippen LogP contribution is -2.73. The van der Waals surface area contributed by atoms with Crippen molar-refractivity contribution >= 4 is 17.3 Å². The predicted octanol–water partition coefficient (Wildman–Crippen LogP) is 8.70.